The average Bonchev–Trinajstić information content (AvgIpc) is 4.08. The van der Waals surface area contributed by atoms with Gasteiger partial charge >= 0.3 is 0 Å². The van der Waals surface area contributed by atoms with Gasteiger partial charge in [0.2, 0.25) is 0 Å². The van der Waals surface area contributed by atoms with Gasteiger partial charge in [-0.15, -0.1) is 0 Å². The molecule has 4 heterocycles. The molecular formula is C50H74N6. The van der Waals surface area contributed by atoms with Crippen LogP contribution in [0.4, 0.5) is 0 Å². The van der Waals surface area contributed by atoms with E-state index in [2.05, 4.69) is 170 Å². The smallest absolute Gasteiger partial charge is 0.0931 e. The largest absolute Gasteiger partial charge is 0.361 e. The molecule has 6 nitrogen and oxygen atoms in total. The molecule has 0 radical (unpaired) electrons. The molecule has 0 saturated heterocycles. The van der Waals surface area contributed by atoms with Gasteiger partial charge in [-0.3, -0.25) is 5.10 Å². The quantitative estimate of drug-likeness (QED) is 0.144. The van der Waals surface area contributed by atoms with Gasteiger partial charge in [0, 0.05) is 34.2 Å². The number of hydrogen-bond acceptors (Lipinski definition) is 2. The molecule has 4 N–H and O–H groups in total. The van der Waals surface area contributed by atoms with E-state index < -0.39 is 0 Å². The predicted octanol–water partition coefficient (Wildman–Crippen LogP) is 16.1. The lowest BCUT2D eigenvalue weighted by Crippen LogP contribution is -1.86. The standard InChI is InChI=1S/2C11H13N.2C10H12N2.4C2H6/c1-8(2)9-3-4-11-10(7-9)5-6-12-11;1-8(2)9-4-3-5-11-10(9)6-7-12-11;1-7(2)8-3-4-10-9(5-8)6-11-12-10;1-7(2)8-3-4-9-10(5-8)12-6-11-9;4*1-2/h2*3-8,12H,1-2H3;2*3-7H,1-2H3,(H,11,12);4*1-2H3. The number of aromatic amines is 4. The molecule has 0 unspecified atom stereocenters. The summed E-state index contributed by atoms with van der Waals surface area (Å²) in [4.78, 5) is 13.7. The highest BCUT2D eigenvalue weighted by atomic mass is 15.1. The lowest BCUT2D eigenvalue weighted by Gasteiger charge is -2.05. The van der Waals surface area contributed by atoms with Gasteiger partial charge in [0.05, 0.1) is 29.1 Å². The fourth-order valence-corrected chi connectivity index (χ4v) is 5.68. The lowest BCUT2D eigenvalue weighted by atomic mass is 10.00. The molecule has 0 saturated carbocycles. The SMILES string of the molecule is CC.CC.CC.CC.CC(C)c1ccc2[nH]ccc2c1.CC(C)c1ccc2[nH]ncc2c1.CC(C)c1ccc2nc[nH]c2c1.CC(C)c1cccc2[nH]ccc12. The van der Waals surface area contributed by atoms with E-state index >= 15 is 0 Å². The van der Waals surface area contributed by atoms with Crippen molar-refractivity contribution >= 4 is 43.7 Å². The Morgan fingerprint density at radius 1 is 0.446 bits per heavy atom. The van der Waals surface area contributed by atoms with E-state index in [1.165, 1.54) is 49.4 Å². The van der Waals surface area contributed by atoms with Crippen LogP contribution >= 0.6 is 0 Å². The molecule has 0 spiro atoms. The molecule has 0 aliphatic heterocycles. The normalized spacial score (nSPS) is 10.1. The van der Waals surface area contributed by atoms with Crippen LogP contribution < -0.4 is 0 Å². The zero-order chi connectivity index (χ0) is 42.2. The lowest BCUT2D eigenvalue weighted by molar-refractivity contribution is 0.868. The highest BCUT2D eigenvalue weighted by Crippen LogP contribution is 2.24. The van der Waals surface area contributed by atoms with Crippen molar-refractivity contribution in [2.75, 3.05) is 0 Å². The number of imidazole rings is 1. The van der Waals surface area contributed by atoms with Crippen molar-refractivity contribution in [2.24, 2.45) is 0 Å². The van der Waals surface area contributed by atoms with Crippen molar-refractivity contribution in [3.8, 4) is 0 Å². The van der Waals surface area contributed by atoms with Gasteiger partial charge in [-0.1, -0.05) is 141 Å². The summed E-state index contributed by atoms with van der Waals surface area (Å²) in [5.41, 5.74) is 11.3. The second-order valence-electron chi connectivity index (χ2n) is 13.6. The molecule has 0 atom stereocenters. The Morgan fingerprint density at radius 3 is 1.59 bits per heavy atom. The van der Waals surface area contributed by atoms with Crippen molar-refractivity contribution in [1.82, 2.24) is 30.1 Å². The molecule has 6 heteroatoms. The summed E-state index contributed by atoms with van der Waals surface area (Å²) >= 11 is 0. The molecule has 8 rings (SSSR count). The van der Waals surface area contributed by atoms with Crippen molar-refractivity contribution in [3.05, 3.63) is 132 Å². The van der Waals surface area contributed by atoms with E-state index in [-0.39, 0.29) is 0 Å². The van der Waals surface area contributed by atoms with Crippen LogP contribution in [-0.2, 0) is 0 Å². The summed E-state index contributed by atoms with van der Waals surface area (Å²) in [6.07, 6.45) is 7.57. The van der Waals surface area contributed by atoms with Crippen molar-refractivity contribution < 1.29 is 0 Å². The van der Waals surface area contributed by atoms with E-state index in [0.29, 0.717) is 23.7 Å². The maximum absolute atomic E-state index is 4.16. The second-order valence-corrected chi connectivity index (χ2v) is 13.6. The van der Waals surface area contributed by atoms with Gasteiger partial charge in [0.15, 0.2) is 0 Å². The van der Waals surface area contributed by atoms with Gasteiger partial charge in [0.25, 0.3) is 0 Å². The number of hydrogen-bond donors (Lipinski definition) is 4. The summed E-state index contributed by atoms with van der Waals surface area (Å²) in [6, 6.07) is 30.0. The Morgan fingerprint density at radius 2 is 0.982 bits per heavy atom. The first-order valence-electron chi connectivity index (χ1n) is 21.1. The topological polar surface area (TPSA) is 88.9 Å². The van der Waals surface area contributed by atoms with Crippen LogP contribution in [0.1, 0.15) is 157 Å². The molecule has 0 aliphatic rings. The van der Waals surface area contributed by atoms with Gasteiger partial charge in [-0.05, 0) is 106 Å². The third kappa shape index (κ3) is 14.5. The monoisotopic (exact) mass is 759 g/mol. The Kier molecular flexibility index (Phi) is 23.3. The first-order chi connectivity index (χ1) is 27.1. The van der Waals surface area contributed by atoms with E-state index in [9.17, 15) is 0 Å². The fraction of sp³-hybridized carbons (Fsp3) is 0.400. The number of nitrogens with one attached hydrogen (secondary N) is 4. The van der Waals surface area contributed by atoms with Gasteiger partial charge < -0.3 is 15.0 Å². The predicted molar refractivity (Wildman–Crippen MR) is 251 cm³/mol. The first-order valence-corrected chi connectivity index (χ1v) is 21.1. The number of fused-ring (bicyclic) bond motifs is 4. The van der Waals surface area contributed by atoms with E-state index in [1.54, 1.807) is 6.33 Å². The number of aromatic nitrogens is 6. The third-order valence-electron chi connectivity index (χ3n) is 8.74. The Bertz CT molecular complexity index is 1980. The summed E-state index contributed by atoms with van der Waals surface area (Å²) in [5, 5.41) is 10.8. The first kappa shape index (κ1) is 48.9. The molecule has 8 aromatic rings. The van der Waals surface area contributed by atoms with Crippen LogP contribution in [0.25, 0.3) is 43.7 Å². The Hall–Kier alpha value is -5.10. The van der Waals surface area contributed by atoms with E-state index in [4.69, 9.17) is 0 Å². The summed E-state index contributed by atoms with van der Waals surface area (Å²) in [6.45, 7) is 33.7. The molecule has 4 aromatic carbocycles. The van der Waals surface area contributed by atoms with Crippen molar-refractivity contribution in [2.45, 2.75) is 134 Å². The molecule has 56 heavy (non-hydrogen) atoms. The molecule has 0 amide bonds. The fourth-order valence-electron chi connectivity index (χ4n) is 5.68. The van der Waals surface area contributed by atoms with Crippen LogP contribution in [0, 0.1) is 0 Å². The van der Waals surface area contributed by atoms with E-state index in [1.807, 2.05) is 74.0 Å². The maximum Gasteiger partial charge on any atom is 0.0931 e. The summed E-state index contributed by atoms with van der Waals surface area (Å²) in [7, 11) is 0. The summed E-state index contributed by atoms with van der Waals surface area (Å²) in [5.74, 6) is 2.38. The minimum absolute atomic E-state index is 0.581. The highest BCUT2D eigenvalue weighted by molar-refractivity contribution is 5.83. The minimum Gasteiger partial charge on any atom is -0.361 e. The summed E-state index contributed by atoms with van der Waals surface area (Å²) < 4.78 is 0. The maximum atomic E-state index is 4.16. The van der Waals surface area contributed by atoms with Crippen LogP contribution in [0.3, 0.4) is 0 Å². The molecular weight excluding hydrogens is 685 g/mol. The average molecular weight is 759 g/mol. The zero-order valence-corrected chi connectivity index (χ0v) is 37.6. The third-order valence-corrected chi connectivity index (χ3v) is 8.74. The number of nitrogens with zero attached hydrogens (tertiary/aromatic N) is 2. The van der Waals surface area contributed by atoms with Crippen LogP contribution in [0.15, 0.2) is 110 Å². The number of rotatable bonds is 4. The minimum atomic E-state index is 0.581. The molecule has 4 aromatic heterocycles. The number of benzene rings is 4. The van der Waals surface area contributed by atoms with Crippen LogP contribution in [-0.4, -0.2) is 30.1 Å². The van der Waals surface area contributed by atoms with Crippen LogP contribution in [0.5, 0.6) is 0 Å². The highest BCUT2D eigenvalue weighted by Gasteiger charge is 2.05. The van der Waals surface area contributed by atoms with Gasteiger partial charge in [-0.25, -0.2) is 4.98 Å². The molecule has 0 aliphatic carbocycles. The van der Waals surface area contributed by atoms with Gasteiger partial charge in [-0.2, -0.15) is 5.10 Å². The van der Waals surface area contributed by atoms with Crippen LogP contribution in [0.2, 0.25) is 0 Å². The van der Waals surface area contributed by atoms with Crippen molar-refractivity contribution in [1.29, 1.82) is 0 Å². The van der Waals surface area contributed by atoms with Gasteiger partial charge in [0.1, 0.15) is 0 Å². The molecule has 304 valence electrons. The molecule has 0 fully saturated rings. The van der Waals surface area contributed by atoms with Crippen molar-refractivity contribution in [3.63, 3.8) is 0 Å². The Labute approximate surface area is 339 Å². The zero-order valence-electron chi connectivity index (χ0n) is 37.6. The second kappa shape index (κ2) is 26.7. The molecule has 0 bridgehead atoms. The Balaban J connectivity index is 0.000000352. The van der Waals surface area contributed by atoms with E-state index in [0.717, 1.165) is 16.6 Å². The number of H-pyrrole nitrogens is 4.